The van der Waals surface area contributed by atoms with Gasteiger partial charge in [-0.2, -0.15) is 0 Å². The van der Waals surface area contributed by atoms with E-state index in [0.717, 1.165) is 6.54 Å². The van der Waals surface area contributed by atoms with Crippen molar-refractivity contribution in [3.63, 3.8) is 0 Å². The van der Waals surface area contributed by atoms with Crippen molar-refractivity contribution in [1.29, 1.82) is 0 Å². The van der Waals surface area contributed by atoms with E-state index in [1.54, 1.807) is 0 Å². The summed E-state index contributed by atoms with van der Waals surface area (Å²) in [6.07, 6.45) is 3.83. The number of ketones is 1. The van der Waals surface area contributed by atoms with Gasteiger partial charge in [-0.25, -0.2) is 0 Å². The molecular formula is C13H17N3O3S. The molecule has 7 heteroatoms. The summed E-state index contributed by atoms with van der Waals surface area (Å²) in [6, 6.07) is -0.272. The number of hydrogen-bond acceptors (Lipinski definition) is 6. The summed E-state index contributed by atoms with van der Waals surface area (Å²) in [7, 11) is 0. The number of aliphatic hydroxyl groups is 1. The van der Waals surface area contributed by atoms with E-state index in [2.05, 4.69) is 10.3 Å². The van der Waals surface area contributed by atoms with Gasteiger partial charge in [0.1, 0.15) is 5.25 Å². The average Bonchev–Trinajstić information content (AvgIpc) is 3.03. The Kier molecular flexibility index (Phi) is 3.91. The highest BCUT2D eigenvalue weighted by Gasteiger charge is 2.37. The number of Topliss-reactive ketones (excluding diaryl/α,β-unsaturated/α-hetero) is 1. The fraction of sp³-hybridized carbons (Fsp3) is 0.615. The molecule has 4 atom stereocenters. The summed E-state index contributed by atoms with van der Waals surface area (Å²) in [5, 5.41) is 14.5. The summed E-state index contributed by atoms with van der Waals surface area (Å²) in [4.78, 5) is 29.9. The minimum atomic E-state index is -0.469. The predicted molar refractivity (Wildman–Crippen MR) is 76.6 cm³/mol. The van der Waals surface area contributed by atoms with E-state index in [1.165, 1.54) is 23.0 Å². The molecule has 1 saturated heterocycles. The number of fused-ring (bicyclic) bond motifs is 1. The first kappa shape index (κ1) is 13.8. The van der Waals surface area contributed by atoms with E-state index in [4.69, 9.17) is 0 Å². The fourth-order valence-corrected chi connectivity index (χ4v) is 3.68. The van der Waals surface area contributed by atoms with Gasteiger partial charge in [0.05, 0.1) is 25.0 Å². The molecule has 0 aromatic heterocycles. The van der Waals surface area contributed by atoms with Crippen LogP contribution in [0.25, 0.3) is 0 Å². The Labute approximate surface area is 121 Å². The van der Waals surface area contributed by atoms with Gasteiger partial charge in [0.25, 0.3) is 0 Å². The molecule has 1 amide bonds. The van der Waals surface area contributed by atoms with Gasteiger partial charge in [0.2, 0.25) is 5.91 Å². The van der Waals surface area contributed by atoms with Crippen molar-refractivity contribution < 1.29 is 14.7 Å². The van der Waals surface area contributed by atoms with E-state index < -0.39 is 6.10 Å². The molecule has 0 aliphatic carbocycles. The maximum absolute atomic E-state index is 12.2. The summed E-state index contributed by atoms with van der Waals surface area (Å²) in [5.74, 6) is -0.120. The summed E-state index contributed by atoms with van der Waals surface area (Å²) < 4.78 is 0. The second-order valence-corrected chi connectivity index (χ2v) is 6.32. The van der Waals surface area contributed by atoms with Crippen LogP contribution >= 0.6 is 11.8 Å². The zero-order valence-electron chi connectivity index (χ0n) is 10.9. The molecule has 0 bridgehead atoms. The molecule has 3 rings (SSSR count). The number of hydrogen-bond donors (Lipinski definition) is 2. The Hall–Kier alpha value is -1.18. The molecule has 3 aliphatic heterocycles. The van der Waals surface area contributed by atoms with Gasteiger partial charge in [-0.15, -0.1) is 11.8 Å². The van der Waals surface area contributed by atoms with Crippen molar-refractivity contribution in [3.8, 4) is 0 Å². The van der Waals surface area contributed by atoms with Crippen LogP contribution in [0, 0.1) is 0 Å². The lowest BCUT2D eigenvalue weighted by molar-refractivity contribution is -0.131. The van der Waals surface area contributed by atoms with Crippen LogP contribution in [0.15, 0.2) is 16.5 Å². The zero-order valence-corrected chi connectivity index (χ0v) is 11.8. The van der Waals surface area contributed by atoms with Crippen molar-refractivity contribution >= 4 is 29.8 Å². The van der Waals surface area contributed by atoms with Crippen molar-refractivity contribution in [2.45, 2.75) is 36.3 Å². The average molecular weight is 295 g/mol. The van der Waals surface area contributed by atoms with Gasteiger partial charge in [-0.05, 0) is 18.4 Å². The van der Waals surface area contributed by atoms with Gasteiger partial charge in [0.15, 0.2) is 5.78 Å². The summed E-state index contributed by atoms with van der Waals surface area (Å²) in [5.41, 5.74) is 0. The van der Waals surface area contributed by atoms with Crippen LogP contribution in [0.3, 0.4) is 0 Å². The molecular weight excluding hydrogens is 278 g/mol. The van der Waals surface area contributed by atoms with Crippen LogP contribution in [0.5, 0.6) is 0 Å². The SMILES string of the molecule is O=C(C[C@@H]1NCC[C@H]1O)CN1C=NC2C=CSC2C1=O. The van der Waals surface area contributed by atoms with Gasteiger partial charge in [-0.1, -0.05) is 6.08 Å². The van der Waals surface area contributed by atoms with Gasteiger partial charge in [0, 0.05) is 12.5 Å². The lowest BCUT2D eigenvalue weighted by atomic mass is 10.1. The standard InChI is InChI=1S/C13H17N3O3S/c17-8(5-10-11(18)1-3-14-10)6-16-7-15-9-2-4-20-12(9)13(16)19/h2,4,7,9-12,14,18H,1,3,5-6H2/t9?,10-,11+,12?/m0/s1. The predicted octanol–water partition coefficient (Wildman–Crippen LogP) is -0.463. The van der Waals surface area contributed by atoms with Crippen LogP contribution < -0.4 is 5.32 Å². The molecule has 3 aliphatic rings. The molecule has 2 N–H and O–H groups in total. The molecule has 2 unspecified atom stereocenters. The van der Waals surface area contributed by atoms with Crippen LogP contribution in [0.4, 0.5) is 0 Å². The molecule has 20 heavy (non-hydrogen) atoms. The zero-order chi connectivity index (χ0) is 14.1. The second-order valence-electron chi connectivity index (χ2n) is 5.27. The number of aliphatic imine (C=N–C) groups is 1. The number of carbonyl (C=O) groups is 2. The van der Waals surface area contributed by atoms with Crippen molar-refractivity contribution in [1.82, 2.24) is 10.2 Å². The van der Waals surface area contributed by atoms with Crippen LogP contribution in [0.2, 0.25) is 0 Å². The molecule has 108 valence electrons. The smallest absolute Gasteiger partial charge is 0.244 e. The maximum Gasteiger partial charge on any atom is 0.244 e. The highest BCUT2D eigenvalue weighted by Crippen LogP contribution is 2.30. The van der Waals surface area contributed by atoms with E-state index in [0.29, 0.717) is 6.42 Å². The molecule has 0 radical (unpaired) electrons. The summed E-state index contributed by atoms with van der Waals surface area (Å²) >= 11 is 1.45. The molecule has 6 nitrogen and oxygen atoms in total. The van der Waals surface area contributed by atoms with E-state index in [1.807, 2.05) is 11.5 Å². The monoisotopic (exact) mass is 295 g/mol. The lowest BCUT2D eigenvalue weighted by Crippen LogP contribution is -2.47. The van der Waals surface area contributed by atoms with Gasteiger partial charge >= 0.3 is 0 Å². The molecule has 0 spiro atoms. The quantitative estimate of drug-likeness (QED) is 0.733. The highest BCUT2D eigenvalue weighted by molar-refractivity contribution is 8.03. The third-order valence-electron chi connectivity index (χ3n) is 3.82. The first-order valence-corrected chi connectivity index (χ1v) is 7.68. The molecule has 3 heterocycles. The fourth-order valence-electron chi connectivity index (χ4n) is 2.68. The number of amides is 1. The largest absolute Gasteiger partial charge is 0.391 e. The normalized spacial score (nSPS) is 35.6. The first-order chi connectivity index (χ1) is 9.65. The lowest BCUT2D eigenvalue weighted by Gasteiger charge is -2.27. The van der Waals surface area contributed by atoms with E-state index >= 15 is 0 Å². The number of aliphatic hydroxyl groups excluding tert-OH is 1. The van der Waals surface area contributed by atoms with Crippen LogP contribution in [-0.4, -0.2) is 64.6 Å². The van der Waals surface area contributed by atoms with Crippen molar-refractivity contribution in [2.24, 2.45) is 4.99 Å². The van der Waals surface area contributed by atoms with E-state index in [-0.39, 0.29) is 42.0 Å². The number of rotatable bonds is 4. The Bertz CT molecular complexity index is 479. The first-order valence-electron chi connectivity index (χ1n) is 6.74. The maximum atomic E-state index is 12.2. The molecule has 0 aromatic carbocycles. The van der Waals surface area contributed by atoms with Crippen molar-refractivity contribution in [2.75, 3.05) is 13.1 Å². The second kappa shape index (κ2) is 5.67. The third kappa shape index (κ3) is 2.65. The number of thioether (sulfide) groups is 1. The molecule has 1 fully saturated rings. The minimum absolute atomic E-state index is 0.0387. The van der Waals surface area contributed by atoms with Crippen LogP contribution in [0.1, 0.15) is 12.8 Å². The Balaban J connectivity index is 1.56. The Morgan fingerprint density at radius 1 is 1.60 bits per heavy atom. The summed E-state index contributed by atoms with van der Waals surface area (Å²) in [6.45, 7) is 0.770. The molecule has 0 aromatic rings. The number of carbonyl (C=O) groups excluding carboxylic acids is 2. The Morgan fingerprint density at radius 3 is 3.20 bits per heavy atom. The number of nitrogens with one attached hydrogen (secondary N) is 1. The highest BCUT2D eigenvalue weighted by atomic mass is 32.2. The van der Waals surface area contributed by atoms with Crippen LogP contribution in [-0.2, 0) is 9.59 Å². The van der Waals surface area contributed by atoms with Gasteiger partial charge in [-0.3, -0.25) is 19.5 Å². The van der Waals surface area contributed by atoms with E-state index in [9.17, 15) is 14.7 Å². The minimum Gasteiger partial charge on any atom is -0.391 e. The topological polar surface area (TPSA) is 82.0 Å². The third-order valence-corrected chi connectivity index (χ3v) is 4.91. The molecule has 0 saturated carbocycles. The Morgan fingerprint density at radius 2 is 2.45 bits per heavy atom. The van der Waals surface area contributed by atoms with Crippen molar-refractivity contribution in [3.05, 3.63) is 11.5 Å². The number of nitrogens with zero attached hydrogens (tertiary/aromatic N) is 2. The van der Waals surface area contributed by atoms with Gasteiger partial charge < -0.3 is 10.4 Å².